The van der Waals surface area contributed by atoms with Gasteiger partial charge in [-0.3, -0.25) is 0 Å². The van der Waals surface area contributed by atoms with E-state index >= 15 is 0 Å². The minimum atomic E-state index is -0.658. The lowest BCUT2D eigenvalue weighted by Crippen LogP contribution is -2.33. The van der Waals surface area contributed by atoms with Gasteiger partial charge in [-0.15, -0.1) is 0 Å². The van der Waals surface area contributed by atoms with Gasteiger partial charge in [0.15, 0.2) is 0 Å². The van der Waals surface area contributed by atoms with Gasteiger partial charge >= 0.3 is 0 Å². The Morgan fingerprint density at radius 2 is 2.09 bits per heavy atom. The maximum atomic E-state index is 10.2. The van der Waals surface area contributed by atoms with E-state index in [1.807, 2.05) is 0 Å². The second kappa shape index (κ2) is 3.35. The summed E-state index contributed by atoms with van der Waals surface area (Å²) in [5.41, 5.74) is -0.658. The van der Waals surface area contributed by atoms with Crippen LogP contribution in [0.1, 0.15) is 39.0 Å². The number of aldehydes is 1. The number of rotatable bonds is 2. The van der Waals surface area contributed by atoms with Crippen LogP contribution in [-0.2, 0) is 4.79 Å². The molecular weight excluding hydrogens is 140 g/mol. The number of hydrogen-bond donors (Lipinski definition) is 1. The zero-order valence-corrected chi connectivity index (χ0v) is 7.05. The topological polar surface area (TPSA) is 37.3 Å². The molecule has 0 aliphatic heterocycles. The number of hydrogen-bond acceptors (Lipinski definition) is 2. The van der Waals surface area contributed by atoms with Gasteiger partial charge in [0.25, 0.3) is 0 Å². The van der Waals surface area contributed by atoms with E-state index in [4.69, 9.17) is 0 Å². The van der Waals surface area contributed by atoms with E-state index in [2.05, 4.69) is 6.92 Å². The van der Waals surface area contributed by atoms with Crippen LogP contribution in [-0.4, -0.2) is 17.0 Å². The van der Waals surface area contributed by atoms with Gasteiger partial charge in [0.2, 0.25) is 0 Å². The molecule has 0 heterocycles. The third-order valence-corrected chi connectivity index (χ3v) is 2.67. The van der Waals surface area contributed by atoms with Gasteiger partial charge in [-0.2, -0.15) is 0 Å². The molecule has 1 aliphatic carbocycles. The minimum absolute atomic E-state index is 0.319. The fourth-order valence-corrected chi connectivity index (χ4v) is 1.66. The van der Waals surface area contributed by atoms with Crippen molar-refractivity contribution in [1.29, 1.82) is 0 Å². The lowest BCUT2D eigenvalue weighted by atomic mass is 9.78. The monoisotopic (exact) mass is 156 g/mol. The minimum Gasteiger partial charge on any atom is -0.389 e. The molecule has 1 rings (SSSR count). The first-order valence-corrected chi connectivity index (χ1v) is 4.32. The summed E-state index contributed by atoms with van der Waals surface area (Å²) in [6.07, 6.45) is 4.87. The Morgan fingerprint density at radius 3 is 2.55 bits per heavy atom. The Hall–Kier alpha value is -0.370. The molecule has 11 heavy (non-hydrogen) atoms. The van der Waals surface area contributed by atoms with E-state index in [0.717, 1.165) is 37.9 Å². The highest BCUT2D eigenvalue weighted by molar-refractivity contribution is 5.51. The predicted octanol–water partition coefficient (Wildman–Crippen LogP) is 1.52. The van der Waals surface area contributed by atoms with Crippen LogP contribution in [0.4, 0.5) is 0 Å². The highest BCUT2D eigenvalue weighted by Gasteiger charge is 2.30. The third-order valence-electron chi connectivity index (χ3n) is 2.67. The van der Waals surface area contributed by atoms with Gasteiger partial charge in [-0.05, 0) is 31.6 Å². The van der Waals surface area contributed by atoms with E-state index in [9.17, 15) is 9.90 Å². The largest absolute Gasteiger partial charge is 0.389 e. The van der Waals surface area contributed by atoms with E-state index in [-0.39, 0.29) is 0 Å². The smallest absolute Gasteiger partial charge is 0.122 e. The zero-order chi connectivity index (χ0) is 8.32. The molecule has 0 unspecified atom stereocenters. The van der Waals surface area contributed by atoms with Crippen molar-refractivity contribution in [1.82, 2.24) is 0 Å². The van der Waals surface area contributed by atoms with Crippen molar-refractivity contribution in [3.8, 4) is 0 Å². The zero-order valence-electron chi connectivity index (χ0n) is 7.05. The lowest BCUT2D eigenvalue weighted by Gasteiger charge is -2.33. The SMILES string of the molecule is C[C@H]1CC[C@](O)(CC=O)CC1. The first kappa shape index (κ1) is 8.72. The van der Waals surface area contributed by atoms with Gasteiger partial charge < -0.3 is 9.90 Å². The molecule has 2 nitrogen and oxygen atoms in total. The quantitative estimate of drug-likeness (QED) is 0.615. The molecule has 2 heteroatoms. The molecule has 0 bridgehead atoms. The van der Waals surface area contributed by atoms with Crippen molar-refractivity contribution in [2.75, 3.05) is 0 Å². The van der Waals surface area contributed by atoms with Gasteiger partial charge in [-0.25, -0.2) is 0 Å². The van der Waals surface area contributed by atoms with Crippen LogP contribution in [0.15, 0.2) is 0 Å². The van der Waals surface area contributed by atoms with E-state index in [1.165, 1.54) is 0 Å². The molecule has 0 spiro atoms. The fraction of sp³-hybridized carbons (Fsp3) is 0.889. The van der Waals surface area contributed by atoms with Crippen LogP contribution in [0.2, 0.25) is 0 Å². The van der Waals surface area contributed by atoms with Crippen molar-refractivity contribution >= 4 is 6.29 Å². The summed E-state index contributed by atoms with van der Waals surface area (Å²) in [6, 6.07) is 0. The second-order valence-corrected chi connectivity index (χ2v) is 3.78. The van der Waals surface area contributed by atoms with Crippen LogP contribution in [0.25, 0.3) is 0 Å². The first-order valence-electron chi connectivity index (χ1n) is 4.32. The molecule has 1 N–H and O–H groups in total. The first-order chi connectivity index (χ1) is 5.16. The number of carbonyl (C=O) groups is 1. The molecule has 0 saturated heterocycles. The van der Waals surface area contributed by atoms with Crippen molar-refractivity contribution in [3.05, 3.63) is 0 Å². The van der Waals surface area contributed by atoms with E-state index in [1.54, 1.807) is 0 Å². The van der Waals surface area contributed by atoms with Crippen molar-refractivity contribution in [2.24, 2.45) is 5.92 Å². The average molecular weight is 156 g/mol. The molecule has 1 aliphatic rings. The van der Waals surface area contributed by atoms with E-state index in [0.29, 0.717) is 6.42 Å². The van der Waals surface area contributed by atoms with Crippen molar-refractivity contribution in [3.63, 3.8) is 0 Å². The molecule has 0 radical (unpaired) electrons. The predicted molar refractivity (Wildman–Crippen MR) is 43.3 cm³/mol. The Balaban J connectivity index is 2.41. The van der Waals surface area contributed by atoms with Crippen LogP contribution in [0.3, 0.4) is 0 Å². The molecule has 0 aromatic rings. The fourth-order valence-electron chi connectivity index (χ4n) is 1.66. The highest BCUT2D eigenvalue weighted by atomic mass is 16.3. The van der Waals surface area contributed by atoms with Crippen LogP contribution < -0.4 is 0 Å². The molecule has 0 amide bonds. The van der Waals surface area contributed by atoms with Crippen LogP contribution in [0.5, 0.6) is 0 Å². The summed E-state index contributed by atoms with van der Waals surface area (Å²) in [5, 5.41) is 9.76. The van der Waals surface area contributed by atoms with Gasteiger partial charge in [0, 0.05) is 6.42 Å². The summed E-state index contributed by atoms with van der Waals surface area (Å²) < 4.78 is 0. The normalized spacial score (nSPS) is 38.5. The Bertz CT molecular complexity index is 134. The summed E-state index contributed by atoms with van der Waals surface area (Å²) in [5.74, 6) is 0.724. The van der Waals surface area contributed by atoms with Crippen LogP contribution in [0, 0.1) is 5.92 Å². The summed E-state index contributed by atoms with van der Waals surface area (Å²) in [4.78, 5) is 10.2. The molecular formula is C9H16O2. The lowest BCUT2D eigenvalue weighted by molar-refractivity contribution is -0.114. The van der Waals surface area contributed by atoms with Gasteiger partial charge in [-0.1, -0.05) is 6.92 Å². The molecule has 64 valence electrons. The number of carbonyl (C=O) groups excluding carboxylic acids is 1. The molecule has 0 atom stereocenters. The summed E-state index contributed by atoms with van der Waals surface area (Å²) in [7, 11) is 0. The second-order valence-electron chi connectivity index (χ2n) is 3.78. The summed E-state index contributed by atoms with van der Waals surface area (Å²) >= 11 is 0. The van der Waals surface area contributed by atoms with Crippen LogP contribution >= 0.6 is 0 Å². The molecule has 0 aromatic heterocycles. The van der Waals surface area contributed by atoms with E-state index < -0.39 is 5.60 Å². The Morgan fingerprint density at radius 1 is 1.55 bits per heavy atom. The average Bonchev–Trinajstić information content (AvgIpc) is 1.97. The highest BCUT2D eigenvalue weighted by Crippen LogP contribution is 2.33. The Labute approximate surface area is 67.6 Å². The molecule has 1 fully saturated rings. The number of aliphatic hydroxyl groups is 1. The Kier molecular flexibility index (Phi) is 2.66. The van der Waals surface area contributed by atoms with Crippen molar-refractivity contribution < 1.29 is 9.90 Å². The maximum Gasteiger partial charge on any atom is 0.122 e. The van der Waals surface area contributed by atoms with Crippen molar-refractivity contribution in [2.45, 2.75) is 44.6 Å². The van der Waals surface area contributed by atoms with Gasteiger partial charge in [0.05, 0.1) is 5.60 Å². The third kappa shape index (κ3) is 2.29. The molecule has 0 aromatic carbocycles. The maximum absolute atomic E-state index is 10.2. The van der Waals surface area contributed by atoms with Gasteiger partial charge in [0.1, 0.15) is 6.29 Å². The molecule has 1 saturated carbocycles. The summed E-state index contributed by atoms with van der Waals surface area (Å²) in [6.45, 7) is 2.19. The standard InChI is InChI=1S/C9H16O2/c1-8-2-4-9(11,5-3-8)6-7-10/h7-8,11H,2-6H2,1H3/t8-,9+.